The summed E-state index contributed by atoms with van der Waals surface area (Å²) in [6.45, 7) is 2.03. The number of aryl methyl sites for hydroxylation is 1. The van der Waals surface area contributed by atoms with Crippen molar-refractivity contribution in [3.05, 3.63) is 47.5 Å². The molecule has 0 saturated carbocycles. The summed E-state index contributed by atoms with van der Waals surface area (Å²) in [5, 5.41) is 9.83. The molecule has 0 aliphatic heterocycles. The fourth-order valence-corrected chi connectivity index (χ4v) is 2.30. The average molecular weight is 271 g/mol. The minimum Gasteiger partial charge on any atom is -0.394 e. The Balaban J connectivity index is 2.30. The molecule has 104 valence electrons. The molecular formula is C15H17N3O2. The van der Waals surface area contributed by atoms with Crippen molar-refractivity contribution in [2.24, 2.45) is 11.5 Å². The second-order valence-corrected chi connectivity index (χ2v) is 4.69. The van der Waals surface area contributed by atoms with E-state index in [0.717, 1.165) is 21.9 Å². The molecule has 2 aromatic rings. The first-order valence-electron chi connectivity index (χ1n) is 6.27. The molecule has 0 fully saturated rings. The molecule has 1 atom stereocenters. The van der Waals surface area contributed by atoms with Gasteiger partial charge in [0.15, 0.2) is 0 Å². The van der Waals surface area contributed by atoms with Crippen LogP contribution in [0, 0.1) is 12.3 Å². The van der Waals surface area contributed by atoms with Crippen molar-refractivity contribution in [2.75, 3.05) is 0 Å². The van der Waals surface area contributed by atoms with Gasteiger partial charge in [0.2, 0.25) is 5.90 Å². The van der Waals surface area contributed by atoms with E-state index in [9.17, 15) is 4.79 Å². The standard InChI is InChI=1S/C15H17N3O2/c1-9-4-2-5-10-6-3-7-11(13(9)10)8-12(16)14(17)20-15(18)19/h2-7,12,17H,8,16H2,1H3,(H2,18,19). The Morgan fingerprint density at radius 1 is 1.30 bits per heavy atom. The Morgan fingerprint density at radius 3 is 2.60 bits per heavy atom. The zero-order valence-electron chi connectivity index (χ0n) is 11.2. The van der Waals surface area contributed by atoms with Gasteiger partial charge in [-0.25, -0.2) is 4.79 Å². The van der Waals surface area contributed by atoms with Crippen LogP contribution in [0.25, 0.3) is 10.8 Å². The molecule has 5 nitrogen and oxygen atoms in total. The molecule has 0 radical (unpaired) electrons. The van der Waals surface area contributed by atoms with Gasteiger partial charge in [0, 0.05) is 0 Å². The van der Waals surface area contributed by atoms with Crippen molar-refractivity contribution in [1.29, 1.82) is 5.41 Å². The van der Waals surface area contributed by atoms with E-state index in [1.807, 2.05) is 43.3 Å². The second kappa shape index (κ2) is 5.71. The first-order chi connectivity index (χ1) is 9.49. The van der Waals surface area contributed by atoms with Crippen molar-refractivity contribution in [3.8, 4) is 0 Å². The average Bonchev–Trinajstić information content (AvgIpc) is 2.38. The molecule has 0 aliphatic carbocycles. The van der Waals surface area contributed by atoms with Crippen molar-refractivity contribution in [2.45, 2.75) is 19.4 Å². The molecule has 2 rings (SSSR count). The molecule has 1 amide bonds. The number of nitrogens with two attached hydrogens (primary N) is 2. The van der Waals surface area contributed by atoms with E-state index >= 15 is 0 Å². The number of amides is 1. The molecule has 0 aliphatic rings. The van der Waals surface area contributed by atoms with Gasteiger partial charge in [-0.15, -0.1) is 0 Å². The zero-order chi connectivity index (χ0) is 14.7. The first kappa shape index (κ1) is 14.0. The Kier molecular flexibility index (Phi) is 4.00. The Hall–Kier alpha value is -2.40. The summed E-state index contributed by atoms with van der Waals surface area (Å²) in [6.07, 6.45) is -0.603. The number of fused-ring (bicyclic) bond motifs is 1. The normalized spacial score (nSPS) is 12.1. The van der Waals surface area contributed by atoms with E-state index < -0.39 is 12.1 Å². The fourth-order valence-electron chi connectivity index (χ4n) is 2.30. The fraction of sp³-hybridized carbons (Fsp3) is 0.200. The van der Waals surface area contributed by atoms with Crippen LogP contribution in [-0.2, 0) is 11.2 Å². The number of carbonyl (C=O) groups excluding carboxylic acids is 1. The molecule has 0 saturated heterocycles. The van der Waals surface area contributed by atoms with E-state index in [4.69, 9.17) is 16.9 Å². The predicted molar refractivity (Wildman–Crippen MR) is 78.8 cm³/mol. The van der Waals surface area contributed by atoms with E-state index in [0.29, 0.717) is 6.42 Å². The third-order valence-electron chi connectivity index (χ3n) is 3.19. The van der Waals surface area contributed by atoms with Gasteiger partial charge in [0.05, 0.1) is 6.04 Å². The summed E-state index contributed by atoms with van der Waals surface area (Å²) in [6, 6.07) is 11.3. The highest BCUT2D eigenvalue weighted by Crippen LogP contribution is 2.23. The number of rotatable bonds is 3. The number of nitrogens with one attached hydrogen (secondary N) is 1. The number of benzene rings is 2. The molecule has 0 spiro atoms. The summed E-state index contributed by atoms with van der Waals surface area (Å²) >= 11 is 0. The molecule has 0 bridgehead atoms. The van der Waals surface area contributed by atoms with Crippen molar-refractivity contribution in [1.82, 2.24) is 0 Å². The van der Waals surface area contributed by atoms with Crippen LogP contribution in [0.3, 0.4) is 0 Å². The van der Waals surface area contributed by atoms with Crippen LogP contribution < -0.4 is 11.5 Å². The van der Waals surface area contributed by atoms with Gasteiger partial charge >= 0.3 is 6.09 Å². The molecule has 5 heteroatoms. The maximum Gasteiger partial charge on any atom is 0.411 e. The number of hydrogen-bond acceptors (Lipinski definition) is 4. The van der Waals surface area contributed by atoms with Gasteiger partial charge in [-0.1, -0.05) is 36.4 Å². The van der Waals surface area contributed by atoms with E-state index in [1.54, 1.807) is 0 Å². The topological polar surface area (TPSA) is 102 Å². The van der Waals surface area contributed by atoms with Gasteiger partial charge in [-0.3, -0.25) is 5.41 Å². The monoisotopic (exact) mass is 271 g/mol. The third-order valence-corrected chi connectivity index (χ3v) is 3.19. The summed E-state index contributed by atoms with van der Waals surface area (Å²) in [5.74, 6) is -0.317. The van der Waals surface area contributed by atoms with Crippen LogP contribution in [0.1, 0.15) is 11.1 Å². The highest BCUT2D eigenvalue weighted by Gasteiger charge is 2.16. The smallest absolute Gasteiger partial charge is 0.394 e. The van der Waals surface area contributed by atoms with Crippen LogP contribution in [-0.4, -0.2) is 18.0 Å². The Bertz CT molecular complexity index is 662. The lowest BCUT2D eigenvalue weighted by molar-refractivity contribution is 0.205. The van der Waals surface area contributed by atoms with Gasteiger partial charge in [0.25, 0.3) is 0 Å². The molecule has 0 aromatic heterocycles. The van der Waals surface area contributed by atoms with Crippen molar-refractivity contribution in [3.63, 3.8) is 0 Å². The minimum absolute atomic E-state index is 0.317. The summed E-state index contributed by atoms with van der Waals surface area (Å²) in [5.41, 5.74) is 12.9. The van der Waals surface area contributed by atoms with E-state index in [2.05, 4.69) is 4.74 Å². The molecule has 5 N–H and O–H groups in total. The van der Waals surface area contributed by atoms with Gasteiger partial charge in [-0.2, -0.15) is 0 Å². The number of hydrogen-bond donors (Lipinski definition) is 3. The van der Waals surface area contributed by atoms with Crippen LogP contribution in [0.4, 0.5) is 4.79 Å². The SMILES string of the molecule is Cc1cccc2cccc(CC(N)C(=N)OC(N)=O)c12. The molecule has 0 heterocycles. The molecular weight excluding hydrogens is 254 g/mol. The minimum atomic E-state index is -1.01. The van der Waals surface area contributed by atoms with Crippen molar-refractivity contribution >= 4 is 22.8 Å². The lowest BCUT2D eigenvalue weighted by Gasteiger charge is -2.14. The number of carbonyl (C=O) groups is 1. The zero-order valence-corrected chi connectivity index (χ0v) is 11.2. The molecule has 1 unspecified atom stereocenters. The third kappa shape index (κ3) is 2.95. The van der Waals surface area contributed by atoms with Crippen molar-refractivity contribution < 1.29 is 9.53 Å². The highest BCUT2D eigenvalue weighted by molar-refractivity contribution is 5.91. The lowest BCUT2D eigenvalue weighted by atomic mass is 9.96. The second-order valence-electron chi connectivity index (χ2n) is 4.69. The van der Waals surface area contributed by atoms with Crippen LogP contribution in [0.2, 0.25) is 0 Å². The molecule has 2 aromatic carbocycles. The van der Waals surface area contributed by atoms with Gasteiger partial charge in [-0.05, 0) is 35.2 Å². The summed E-state index contributed by atoms with van der Waals surface area (Å²) < 4.78 is 4.52. The largest absolute Gasteiger partial charge is 0.411 e. The summed E-state index contributed by atoms with van der Waals surface area (Å²) in [7, 11) is 0. The number of primary amides is 1. The predicted octanol–water partition coefficient (Wildman–Crippen LogP) is 2.09. The van der Waals surface area contributed by atoms with Crippen LogP contribution in [0.15, 0.2) is 36.4 Å². The Morgan fingerprint density at radius 2 is 1.95 bits per heavy atom. The van der Waals surface area contributed by atoms with Crippen LogP contribution >= 0.6 is 0 Å². The maximum atomic E-state index is 10.6. The van der Waals surface area contributed by atoms with E-state index in [-0.39, 0.29) is 5.90 Å². The van der Waals surface area contributed by atoms with E-state index in [1.165, 1.54) is 0 Å². The summed E-state index contributed by atoms with van der Waals surface area (Å²) in [4.78, 5) is 10.6. The lowest BCUT2D eigenvalue weighted by Crippen LogP contribution is -2.36. The number of ether oxygens (including phenoxy) is 1. The first-order valence-corrected chi connectivity index (χ1v) is 6.27. The van der Waals surface area contributed by atoms with Gasteiger partial charge in [0.1, 0.15) is 0 Å². The molecule has 20 heavy (non-hydrogen) atoms. The highest BCUT2D eigenvalue weighted by atomic mass is 16.6. The van der Waals surface area contributed by atoms with Crippen LogP contribution in [0.5, 0.6) is 0 Å². The maximum absolute atomic E-state index is 10.6. The Labute approximate surface area is 117 Å². The quantitative estimate of drug-likeness (QED) is 0.588. The van der Waals surface area contributed by atoms with Gasteiger partial charge < -0.3 is 16.2 Å².